The zero-order valence-corrected chi connectivity index (χ0v) is 12.5. The molecule has 0 N–H and O–H groups in total. The molecule has 0 heterocycles. The zero-order chi connectivity index (χ0) is 15.1. The van der Waals surface area contributed by atoms with Crippen molar-refractivity contribution in [2.45, 2.75) is 45.4 Å². The molecule has 5 nitrogen and oxygen atoms in total. The Morgan fingerprint density at radius 3 is 2.30 bits per heavy atom. The highest BCUT2D eigenvalue weighted by Gasteiger charge is 2.44. The predicted octanol–water partition coefficient (Wildman–Crippen LogP) is 2.12. The lowest BCUT2D eigenvalue weighted by Crippen LogP contribution is -2.32. The second-order valence-corrected chi connectivity index (χ2v) is 5.38. The van der Waals surface area contributed by atoms with Crippen molar-refractivity contribution in [3.05, 3.63) is 0 Å². The molecular weight excluding hydrogens is 260 g/mol. The van der Waals surface area contributed by atoms with Gasteiger partial charge < -0.3 is 9.47 Å². The van der Waals surface area contributed by atoms with E-state index in [0.717, 1.165) is 25.7 Å². The van der Waals surface area contributed by atoms with Gasteiger partial charge in [0.15, 0.2) is 5.92 Å². The summed E-state index contributed by atoms with van der Waals surface area (Å²) in [4.78, 5) is 35.5. The summed E-state index contributed by atoms with van der Waals surface area (Å²) in [5.74, 6) is -2.33. The molecule has 0 aromatic rings. The van der Waals surface area contributed by atoms with Crippen LogP contribution in [-0.2, 0) is 23.9 Å². The van der Waals surface area contributed by atoms with Crippen LogP contribution in [0.25, 0.3) is 0 Å². The summed E-state index contributed by atoms with van der Waals surface area (Å²) in [6, 6.07) is 0. The quantitative estimate of drug-likeness (QED) is 0.407. The lowest BCUT2D eigenvalue weighted by Gasteiger charge is -2.18. The third kappa shape index (κ3) is 4.05. The van der Waals surface area contributed by atoms with Gasteiger partial charge in [-0.05, 0) is 18.8 Å². The summed E-state index contributed by atoms with van der Waals surface area (Å²) in [5, 5.41) is 0. The van der Waals surface area contributed by atoms with Crippen LogP contribution in [0.4, 0.5) is 0 Å². The Morgan fingerprint density at radius 1 is 1.20 bits per heavy atom. The number of ether oxygens (including phenoxy) is 2. The van der Waals surface area contributed by atoms with E-state index in [1.807, 2.05) is 0 Å². The third-order valence-corrected chi connectivity index (χ3v) is 4.04. The zero-order valence-electron chi connectivity index (χ0n) is 12.5. The number of unbranched alkanes of at least 4 members (excludes halogenated alkanes) is 2. The number of esters is 2. The summed E-state index contributed by atoms with van der Waals surface area (Å²) < 4.78 is 9.33. The van der Waals surface area contributed by atoms with Gasteiger partial charge in [0.2, 0.25) is 0 Å². The second-order valence-electron chi connectivity index (χ2n) is 5.38. The average Bonchev–Trinajstić information content (AvgIpc) is 2.80. The maximum atomic E-state index is 12.0. The molecule has 1 rings (SSSR count). The van der Waals surface area contributed by atoms with Crippen LogP contribution in [0.3, 0.4) is 0 Å². The van der Waals surface area contributed by atoms with E-state index in [1.54, 1.807) is 0 Å². The molecule has 1 aliphatic rings. The number of methoxy groups -OCH3 is 2. The number of hydrogen-bond donors (Lipinski definition) is 0. The smallest absolute Gasteiger partial charge is 0.320 e. The van der Waals surface area contributed by atoms with Crippen LogP contribution in [0.15, 0.2) is 0 Å². The number of carbonyl (C=O) groups excluding carboxylic acids is 3. The number of rotatable bonds is 7. The van der Waals surface area contributed by atoms with Crippen molar-refractivity contribution in [2.75, 3.05) is 14.2 Å². The molecular formula is C15H24O5. The van der Waals surface area contributed by atoms with Crippen molar-refractivity contribution in [1.82, 2.24) is 0 Å². The first-order valence-electron chi connectivity index (χ1n) is 7.23. The van der Waals surface area contributed by atoms with Crippen LogP contribution < -0.4 is 0 Å². The molecule has 5 heteroatoms. The predicted molar refractivity (Wildman–Crippen MR) is 72.9 cm³/mol. The van der Waals surface area contributed by atoms with Crippen molar-refractivity contribution in [2.24, 2.45) is 17.8 Å². The van der Waals surface area contributed by atoms with E-state index in [-0.39, 0.29) is 24.0 Å². The lowest BCUT2D eigenvalue weighted by molar-refractivity contribution is -0.161. The Morgan fingerprint density at radius 2 is 1.80 bits per heavy atom. The van der Waals surface area contributed by atoms with E-state index in [1.165, 1.54) is 14.2 Å². The van der Waals surface area contributed by atoms with Crippen molar-refractivity contribution in [3.8, 4) is 0 Å². The summed E-state index contributed by atoms with van der Waals surface area (Å²) in [6.45, 7) is 2.11. The Bertz CT molecular complexity index is 347. The molecule has 0 aromatic heterocycles. The van der Waals surface area contributed by atoms with Crippen LogP contribution in [0.2, 0.25) is 0 Å². The standard InChI is InChI=1S/C15H24O5/c1-4-5-6-7-10-8-11(9-12(10)16)13(14(17)19-2)15(18)20-3/h10-11,13H,4-9H2,1-3H3. The molecule has 0 amide bonds. The molecule has 2 atom stereocenters. The van der Waals surface area contributed by atoms with E-state index < -0.39 is 17.9 Å². The topological polar surface area (TPSA) is 69.7 Å². The first-order valence-corrected chi connectivity index (χ1v) is 7.23. The molecule has 114 valence electrons. The van der Waals surface area contributed by atoms with Gasteiger partial charge in [-0.3, -0.25) is 14.4 Å². The molecule has 0 bridgehead atoms. The van der Waals surface area contributed by atoms with Crippen LogP contribution in [0, 0.1) is 17.8 Å². The van der Waals surface area contributed by atoms with Crippen molar-refractivity contribution in [1.29, 1.82) is 0 Å². The van der Waals surface area contributed by atoms with Crippen LogP contribution in [-0.4, -0.2) is 31.9 Å². The van der Waals surface area contributed by atoms with E-state index in [9.17, 15) is 14.4 Å². The van der Waals surface area contributed by atoms with Gasteiger partial charge in [0.25, 0.3) is 0 Å². The number of Topliss-reactive ketones (excluding diaryl/α,β-unsaturated/α-hetero) is 1. The Balaban J connectivity index is 2.68. The van der Waals surface area contributed by atoms with Crippen LogP contribution in [0.5, 0.6) is 0 Å². The van der Waals surface area contributed by atoms with Gasteiger partial charge in [0.1, 0.15) is 5.78 Å². The first-order chi connectivity index (χ1) is 9.54. The van der Waals surface area contributed by atoms with Gasteiger partial charge in [0, 0.05) is 12.3 Å². The molecule has 0 saturated heterocycles. The maximum absolute atomic E-state index is 12.0. The Kier molecular flexibility index (Phi) is 6.68. The Labute approximate surface area is 120 Å². The maximum Gasteiger partial charge on any atom is 0.320 e. The summed E-state index contributed by atoms with van der Waals surface area (Å²) in [6.07, 6.45) is 4.92. The number of hydrogen-bond acceptors (Lipinski definition) is 5. The molecule has 0 aromatic carbocycles. The average molecular weight is 284 g/mol. The molecule has 2 unspecified atom stereocenters. The van der Waals surface area contributed by atoms with Gasteiger partial charge in [-0.15, -0.1) is 0 Å². The summed E-state index contributed by atoms with van der Waals surface area (Å²) in [5.41, 5.74) is 0. The number of ketones is 1. The largest absolute Gasteiger partial charge is 0.468 e. The molecule has 0 spiro atoms. The highest BCUT2D eigenvalue weighted by Crippen LogP contribution is 2.37. The van der Waals surface area contributed by atoms with Crippen molar-refractivity contribution >= 4 is 17.7 Å². The van der Waals surface area contributed by atoms with Crippen molar-refractivity contribution in [3.63, 3.8) is 0 Å². The van der Waals surface area contributed by atoms with Crippen molar-refractivity contribution < 1.29 is 23.9 Å². The highest BCUT2D eigenvalue weighted by molar-refractivity contribution is 5.96. The lowest BCUT2D eigenvalue weighted by atomic mass is 9.89. The fourth-order valence-electron chi connectivity index (χ4n) is 2.91. The normalized spacial score (nSPS) is 22.1. The fraction of sp³-hybridized carbons (Fsp3) is 0.800. The summed E-state index contributed by atoms with van der Waals surface area (Å²) >= 11 is 0. The molecule has 1 fully saturated rings. The van der Waals surface area contributed by atoms with E-state index >= 15 is 0 Å². The minimum absolute atomic E-state index is 0.0247. The summed E-state index contributed by atoms with van der Waals surface area (Å²) in [7, 11) is 2.49. The van der Waals surface area contributed by atoms with Gasteiger partial charge in [0.05, 0.1) is 14.2 Å². The highest BCUT2D eigenvalue weighted by atomic mass is 16.5. The third-order valence-electron chi connectivity index (χ3n) is 4.04. The number of carbonyl (C=O) groups is 3. The minimum atomic E-state index is -0.967. The van der Waals surface area contributed by atoms with E-state index in [0.29, 0.717) is 6.42 Å². The second kappa shape index (κ2) is 8.02. The SMILES string of the molecule is CCCCCC1CC(C(C(=O)OC)C(=O)OC)CC1=O. The van der Waals surface area contributed by atoms with Crippen LogP contribution >= 0.6 is 0 Å². The fourth-order valence-corrected chi connectivity index (χ4v) is 2.91. The van der Waals surface area contributed by atoms with E-state index in [2.05, 4.69) is 16.4 Å². The molecule has 0 radical (unpaired) electrons. The first kappa shape index (κ1) is 16.7. The van der Waals surface area contributed by atoms with Gasteiger partial charge >= 0.3 is 11.9 Å². The van der Waals surface area contributed by atoms with E-state index in [4.69, 9.17) is 0 Å². The molecule has 20 heavy (non-hydrogen) atoms. The van der Waals surface area contributed by atoms with Gasteiger partial charge in [-0.1, -0.05) is 26.2 Å². The van der Waals surface area contributed by atoms with Crippen LogP contribution in [0.1, 0.15) is 45.4 Å². The Hall–Kier alpha value is -1.39. The van der Waals surface area contributed by atoms with Gasteiger partial charge in [-0.25, -0.2) is 0 Å². The van der Waals surface area contributed by atoms with Gasteiger partial charge in [-0.2, -0.15) is 0 Å². The monoisotopic (exact) mass is 284 g/mol. The minimum Gasteiger partial charge on any atom is -0.468 e. The molecule has 1 saturated carbocycles. The molecule has 1 aliphatic carbocycles. The molecule has 0 aliphatic heterocycles.